The second kappa shape index (κ2) is 5.59. The summed E-state index contributed by atoms with van der Waals surface area (Å²) in [7, 11) is 1.71. The largest absolute Gasteiger partial charge is 0.370 e. The van der Waals surface area contributed by atoms with E-state index in [2.05, 4.69) is 15.1 Å². The average molecular weight is 294 g/mol. The van der Waals surface area contributed by atoms with Gasteiger partial charge in [-0.1, -0.05) is 5.16 Å². The van der Waals surface area contributed by atoms with Crippen LogP contribution in [0.1, 0.15) is 36.5 Å². The van der Waals surface area contributed by atoms with E-state index in [0.29, 0.717) is 18.3 Å². The Bertz CT molecular complexity index is 574. The van der Waals surface area contributed by atoms with E-state index in [4.69, 9.17) is 15.0 Å². The molecule has 0 unspecified atom stereocenters. The molecule has 1 aliphatic carbocycles. The molecule has 0 saturated heterocycles. The van der Waals surface area contributed by atoms with Crippen LogP contribution in [0.4, 0.5) is 0 Å². The van der Waals surface area contributed by atoms with E-state index >= 15 is 0 Å². The maximum absolute atomic E-state index is 5.66. The van der Waals surface area contributed by atoms with Crippen LogP contribution in [0.5, 0.6) is 0 Å². The fourth-order valence-electron chi connectivity index (χ4n) is 2.63. The Morgan fingerprint density at radius 1 is 1.40 bits per heavy atom. The zero-order valence-corrected chi connectivity index (χ0v) is 12.3. The fraction of sp³-hybridized carbons (Fsp3) is 0.615. The van der Waals surface area contributed by atoms with Crippen LogP contribution < -0.4 is 5.73 Å². The number of thiazole rings is 1. The van der Waals surface area contributed by atoms with Crippen LogP contribution in [-0.2, 0) is 16.8 Å². The van der Waals surface area contributed by atoms with Crippen molar-refractivity contribution >= 4 is 11.3 Å². The highest BCUT2D eigenvalue weighted by atomic mass is 32.1. The molecule has 2 aromatic rings. The third kappa shape index (κ3) is 2.36. The highest BCUT2D eigenvalue weighted by Crippen LogP contribution is 2.40. The molecule has 0 aromatic carbocycles. The third-order valence-corrected chi connectivity index (χ3v) is 4.67. The van der Waals surface area contributed by atoms with Crippen LogP contribution in [0.25, 0.3) is 11.6 Å². The minimum Gasteiger partial charge on any atom is -0.370 e. The molecule has 1 saturated carbocycles. The van der Waals surface area contributed by atoms with Gasteiger partial charge in [0.05, 0.1) is 5.01 Å². The van der Waals surface area contributed by atoms with Crippen molar-refractivity contribution in [3.63, 3.8) is 0 Å². The van der Waals surface area contributed by atoms with E-state index in [-0.39, 0.29) is 5.60 Å². The first-order valence-corrected chi connectivity index (χ1v) is 7.69. The lowest BCUT2D eigenvalue weighted by molar-refractivity contribution is -0.0178. The molecule has 0 atom stereocenters. The number of hydrogen-bond donors (Lipinski definition) is 1. The summed E-state index contributed by atoms with van der Waals surface area (Å²) in [6.45, 7) is 0.592. The van der Waals surface area contributed by atoms with E-state index in [1.165, 1.54) is 0 Å². The molecule has 2 aromatic heterocycles. The number of hydrogen-bond acceptors (Lipinski definition) is 7. The minimum absolute atomic E-state index is 0.377. The lowest BCUT2D eigenvalue weighted by atomic mass is 10.0. The van der Waals surface area contributed by atoms with E-state index in [1.807, 2.05) is 5.38 Å². The minimum atomic E-state index is -0.377. The van der Waals surface area contributed by atoms with Crippen LogP contribution in [-0.4, -0.2) is 28.8 Å². The molecule has 0 aliphatic heterocycles. The van der Waals surface area contributed by atoms with Gasteiger partial charge in [0, 0.05) is 18.9 Å². The summed E-state index contributed by atoms with van der Waals surface area (Å²) < 4.78 is 11.0. The maximum Gasteiger partial charge on any atom is 0.277 e. The predicted molar refractivity (Wildman–Crippen MR) is 75.3 cm³/mol. The van der Waals surface area contributed by atoms with Crippen molar-refractivity contribution in [3.05, 3.63) is 16.2 Å². The van der Waals surface area contributed by atoms with Crippen LogP contribution in [0, 0.1) is 0 Å². The van der Waals surface area contributed by atoms with Gasteiger partial charge >= 0.3 is 0 Å². The quantitative estimate of drug-likeness (QED) is 0.908. The second-order valence-electron chi connectivity index (χ2n) is 4.99. The van der Waals surface area contributed by atoms with Gasteiger partial charge in [-0.3, -0.25) is 0 Å². The first-order valence-electron chi connectivity index (χ1n) is 6.81. The molecule has 3 rings (SSSR count). The van der Waals surface area contributed by atoms with E-state index in [1.54, 1.807) is 18.4 Å². The number of rotatable bonds is 5. The summed E-state index contributed by atoms with van der Waals surface area (Å²) in [6, 6.07) is 0. The number of ether oxygens (including phenoxy) is 1. The molecule has 1 aliphatic rings. The van der Waals surface area contributed by atoms with E-state index in [9.17, 15) is 0 Å². The van der Waals surface area contributed by atoms with Gasteiger partial charge in [0.15, 0.2) is 0 Å². The SMILES string of the molecule is COC1(c2noc(-c3csc(CCN)n3)n2)CCCC1. The summed E-state index contributed by atoms with van der Waals surface area (Å²) in [6.07, 6.45) is 4.92. The maximum atomic E-state index is 5.66. The van der Waals surface area contributed by atoms with Crippen molar-refractivity contribution in [2.45, 2.75) is 37.7 Å². The molecule has 0 bridgehead atoms. The van der Waals surface area contributed by atoms with Gasteiger partial charge in [-0.15, -0.1) is 11.3 Å². The molecular formula is C13H18N4O2S. The first-order chi connectivity index (χ1) is 9.77. The van der Waals surface area contributed by atoms with Crippen molar-refractivity contribution in [3.8, 4) is 11.6 Å². The van der Waals surface area contributed by atoms with Gasteiger partial charge in [-0.2, -0.15) is 4.98 Å². The van der Waals surface area contributed by atoms with Crippen LogP contribution in [0.15, 0.2) is 9.90 Å². The zero-order chi connectivity index (χ0) is 14.0. The lowest BCUT2D eigenvalue weighted by Gasteiger charge is -2.22. The molecule has 20 heavy (non-hydrogen) atoms. The molecule has 0 radical (unpaired) electrons. The number of methoxy groups -OCH3 is 1. The Kier molecular flexibility index (Phi) is 3.82. The normalized spacial score (nSPS) is 17.7. The summed E-state index contributed by atoms with van der Waals surface area (Å²) in [5.74, 6) is 1.10. The summed E-state index contributed by atoms with van der Waals surface area (Å²) in [4.78, 5) is 8.95. The molecule has 108 valence electrons. The molecule has 2 heterocycles. The Hall–Kier alpha value is -1.31. The van der Waals surface area contributed by atoms with Crippen molar-refractivity contribution in [2.24, 2.45) is 5.73 Å². The van der Waals surface area contributed by atoms with E-state index in [0.717, 1.165) is 42.8 Å². The van der Waals surface area contributed by atoms with Crippen LogP contribution >= 0.6 is 11.3 Å². The summed E-state index contributed by atoms with van der Waals surface area (Å²) in [5, 5.41) is 7.02. The molecular weight excluding hydrogens is 276 g/mol. The first kappa shape index (κ1) is 13.7. The van der Waals surface area contributed by atoms with Crippen molar-refractivity contribution in [1.82, 2.24) is 15.1 Å². The standard InChI is InChI=1S/C13H18N4O2S/c1-18-13(5-2-3-6-13)12-16-11(19-17-12)9-8-20-10(15-9)4-7-14/h8H,2-7,14H2,1H3. The molecule has 2 N–H and O–H groups in total. The van der Waals surface area contributed by atoms with Gasteiger partial charge < -0.3 is 15.0 Å². The molecule has 7 heteroatoms. The summed E-state index contributed by atoms with van der Waals surface area (Å²) in [5.41, 5.74) is 5.88. The number of aromatic nitrogens is 3. The second-order valence-corrected chi connectivity index (χ2v) is 5.94. The predicted octanol–water partition coefficient (Wildman–Crippen LogP) is 2.11. The number of nitrogens with two attached hydrogens (primary N) is 1. The highest BCUT2D eigenvalue weighted by Gasteiger charge is 2.40. The fourth-order valence-corrected chi connectivity index (χ4v) is 3.41. The topological polar surface area (TPSA) is 87.1 Å². The van der Waals surface area contributed by atoms with Gasteiger partial charge in [-0.05, 0) is 32.2 Å². The van der Waals surface area contributed by atoms with Crippen molar-refractivity contribution < 1.29 is 9.26 Å². The Balaban J connectivity index is 1.85. The molecule has 0 amide bonds. The van der Waals surface area contributed by atoms with Gasteiger partial charge in [-0.25, -0.2) is 4.98 Å². The van der Waals surface area contributed by atoms with Gasteiger partial charge in [0.1, 0.15) is 11.3 Å². The van der Waals surface area contributed by atoms with Gasteiger partial charge in [0.25, 0.3) is 5.89 Å². The number of nitrogens with zero attached hydrogens (tertiary/aromatic N) is 3. The van der Waals surface area contributed by atoms with Crippen LogP contribution in [0.3, 0.4) is 0 Å². The average Bonchev–Trinajstić information content (AvgIpc) is 3.19. The Labute approximate surface area is 121 Å². The molecule has 1 fully saturated rings. The van der Waals surface area contributed by atoms with Gasteiger partial charge in [0.2, 0.25) is 5.82 Å². The zero-order valence-electron chi connectivity index (χ0n) is 11.5. The van der Waals surface area contributed by atoms with E-state index < -0.39 is 0 Å². The highest BCUT2D eigenvalue weighted by molar-refractivity contribution is 7.09. The van der Waals surface area contributed by atoms with Crippen molar-refractivity contribution in [1.29, 1.82) is 0 Å². The smallest absolute Gasteiger partial charge is 0.277 e. The lowest BCUT2D eigenvalue weighted by Crippen LogP contribution is -2.25. The molecule has 0 spiro atoms. The Morgan fingerprint density at radius 3 is 2.90 bits per heavy atom. The molecule has 6 nitrogen and oxygen atoms in total. The monoisotopic (exact) mass is 294 g/mol. The summed E-state index contributed by atoms with van der Waals surface area (Å²) >= 11 is 1.57. The van der Waals surface area contributed by atoms with Crippen molar-refractivity contribution in [2.75, 3.05) is 13.7 Å². The Morgan fingerprint density at radius 2 is 2.20 bits per heavy atom. The van der Waals surface area contributed by atoms with Crippen LogP contribution in [0.2, 0.25) is 0 Å². The third-order valence-electron chi connectivity index (χ3n) is 3.76.